The van der Waals surface area contributed by atoms with E-state index in [1.165, 1.54) is 0 Å². The maximum atomic E-state index is 13.2. The summed E-state index contributed by atoms with van der Waals surface area (Å²) in [7, 11) is 0. The number of aliphatic hydroxyl groups excluding tert-OH is 1. The molecule has 0 saturated carbocycles. The molecule has 24 heavy (non-hydrogen) atoms. The predicted octanol–water partition coefficient (Wildman–Crippen LogP) is 3.05. The van der Waals surface area contributed by atoms with E-state index in [0.29, 0.717) is 0 Å². The number of carbonyl (C=O) groups is 1. The molecule has 0 heterocycles. The second-order valence-corrected chi connectivity index (χ2v) is 6.50. The van der Waals surface area contributed by atoms with E-state index in [1.807, 2.05) is 79.7 Å². The van der Waals surface area contributed by atoms with Gasteiger partial charge in [-0.25, -0.2) is 0 Å². The van der Waals surface area contributed by atoms with E-state index in [0.717, 1.165) is 17.5 Å². The number of carbonyl (C=O) groups excluding carboxylic acids is 1. The van der Waals surface area contributed by atoms with Crippen LogP contribution in [0.3, 0.4) is 0 Å². The molecule has 0 saturated heterocycles. The van der Waals surface area contributed by atoms with Crippen LogP contribution in [-0.2, 0) is 10.2 Å². The van der Waals surface area contributed by atoms with Gasteiger partial charge in [0.15, 0.2) is 0 Å². The predicted molar refractivity (Wildman–Crippen MR) is 95.6 cm³/mol. The quantitative estimate of drug-likeness (QED) is 0.832. The first-order valence-electron chi connectivity index (χ1n) is 8.36. The molecular weight excluding hydrogens is 298 g/mol. The molecule has 0 aliphatic heterocycles. The first-order valence-corrected chi connectivity index (χ1v) is 8.36. The first-order chi connectivity index (χ1) is 11.6. The molecule has 0 unspecified atom stereocenters. The monoisotopic (exact) mass is 321 g/mol. The molecule has 0 bridgehead atoms. The molecule has 0 spiro atoms. The van der Waals surface area contributed by atoms with Gasteiger partial charge in [-0.3, -0.25) is 4.79 Å². The second-order valence-electron chi connectivity index (χ2n) is 6.50. The molecule has 3 rings (SSSR count). The highest BCUT2D eigenvalue weighted by Gasteiger charge is 2.38. The van der Waals surface area contributed by atoms with Crippen LogP contribution in [0.1, 0.15) is 24.5 Å². The van der Waals surface area contributed by atoms with Gasteiger partial charge in [-0.15, -0.1) is 0 Å². The molecule has 1 aliphatic carbocycles. The van der Waals surface area contributed by atoms with Crippen LogP contribution in [0, 0.1) is 5.92 Å². The number of aliphatic hydroxyl groups is 1. The van der Waals surface area contributed by atoms with Gasteiger partial charge in [0.25, 0.3) is 0 Å². The summed E-state index contributed by atoms with van der Waals surface area (Å²) in [4.78, 5) is 13.2. The molecular formula is C21H23NO2. The van der Waals surface area contributed by atoms with Crippen LogP contribution in [0.4, 0.5) is 0 Å². The standard InChI is InChI=1S/C21H23NO2/c1-21(17-8-4-2-5-9-17,18-10-6-3-7-11-18)20(24)22-19-13-12-16(14-19)15-23/h2-13,16,19,23H,14-15H2,1H3,(H,22,24)/t16-,19+/m0/s1. The van der Waals surface area contributed by atoms with Crippen molar-refractivity contribution in [2.24, 2.45) is 5.92 Å². The Balaban J connectivity index is 1.91. The van der Waals surface area contributed by atoms with Crippen molar-refractivity contribution in [2.45, 2.75) is 24.8 Å². The molecule has 2 N–H and O–H groups in total. The third kappa shape index (κ3) is 3.13. The topological polar surface area (TPSA) is 49.3 Å². The molecule has 2 aromatic carbocycles. The third-order valence-electron chi connectivity index (χ3n) is 4.88. The van der Waals surface area contributed by atoms with Gasteiger partial charge in [0.1, 0.15) is 0 Å². The Morgan fingerprint density at radius 3 is 2.04 bits per heavy atom. The van der Waals surface area contributed by atoms with Gasteiger partial charge in [0.2, 0.25) is 5.91 Å². The summed E-state index contributed by atoms with van der Waals surface area (Å²) in [5.41, 5.74) is 1.18. The van der Waals surface area contributed by atoms with Crippen molar-refractivity contribution in [3.8, 4) is 0 Å². The van der Waals surface area contributed by atoms with Crippen LogP contribution >= 0.6 is 0 Å². The summed E-state index contributed by atoms with van der Waals surface area (Å²) in [5.74, 6) is 0.114. The smallest absolute Gasteiger partial charge is 0.235 e. The summed E-state index contributed by atoms with van der Waals surface area (Å²) in [6.07, 6.45) is 4.71. The summed E-state index contributed by atoms with van der Waals surface area (Å²) < 4.78 is 0. The molecule has 3 heteroatoms. The van der Waals surface area contributed by atoms with Gasteiger partial charge >= 0.3 is 0 Å². The number of nitrogens with one attached hydrogen (secondary N) is 1. The Morgan fingerprint density at radius 1 is 1.04 bits per heavy atom. The summed E-state index contributed by atoms with van der Waals surface area (Å²) in [6, 6.07) is 19.7. The highest BCUT2D eigenvalue weighted by Crippen LogP contribution is 2.33. The molecule has 0 radical (unpaired) electrons. The van der Waals surface area contributed by atoms with Crippen molar-refractivity contribution in [2.75, 3.05) is 6.61 Å². The minimum absolute atomic E-state index is 0.0202. The van der Waals surface area contributed by atoms with E-state index in [1.54, 1.807) is 0 Å². The zero-order chi connectivity index (χ0) is 17.0. The fraction of sp³-hybridized carbons (Fsp3) is 0.286. The molecule has 0 aromatic heterocycles. The Bertz CT molecular complexity index is 670. The van der Waals surface area contributed by atoms with Gasteiger partial charge in [-0.2, -0.15) is 0 Å². The SMILES string of the molecule is CC(C(=O)N[C@@H]1C=C[C@H](CO)C1)(c1ccccc1)c1ccccc1. The second kappa shape index (κ2) is 7.02. The van der Waals surface area contributed by atoms with E-state index in [9.17, 15) is 9.90 Å². The van der Waals surface area contributed by atoms with Gasteiger partial charge in [-0.1, -0.05) is 72.8 Å². The minimum atomic E-state index is -0.756. The van der Waals surface area contributed by atoms with E-state index in [4.69, 9.17) is 0 Å². The third-order valence-corrected chi connectivity index (χ3v) is 4.88. The zero-order valence-electron chi connectivity index (χ0n) is 13.9. The van der Waals surface area contributed by atoms with Gasteiger partial charge in [-0.05, 0) is 24.5 Å². The minimum Gasteiger partial charge on any atom is -0.396 e. The Kier molecular flexibility index (Phi) is 4.81. The first kappa shape index (κ1) is 16.5. The van der Waals surface area contributed by atoms with Crippen LogP contribution in [0.2, 0.25) is 0 Å². The van der Waals surface area contributed by atoms with Crippen LogP contribution in [0.25, 0.3) is 0 Å². The van der Waals surface area contributed by atoms with E-state index >= 15 is 0 Å². The number of hydrogen-bond acceptors (Lipinski definition) is 2. The van der Waals surface area contributed by atoms with Crippen LogP contribution in [0.5, 0.6) is 0 Å². The fourth-order valence-corrected chi connectivity index (χ4v) is 3.30. The van der Waals surface area contributed by atoms with E-state index in [2.05, 4.69) is 5.32 Å². The van der Waals surface area contributed by atoms with Crippen LogP contribution in [-0.4, -0.2) is 23.7 Å². The molecule has 124 valence electrons. The lowest BCUT2D eigenvalue weighted by Gasteiger charge is -2.31. The van der Waals surface area contributed by atoms with Crippen molar-refractivity contribution in [1.29, 1.82) is 0 Å². The molecule has 1 aliphatic rings. The largest absolute Gasteiger partial charge is 0.396 e. The molecule has 2 atom stereocenters. The number of amides is 1. The molecule has 1 amide bonds. The lowest BCUT2D eigenvalue weighted by molar-refractivity contribution is -0.125. The number of hydrogen-bond donors (Lipinski definition) is 2. The molecule has 3 nitrogen and oxygen atoms in total. The van der Waals surface area contributed by atoms with Crippen molar-refractivity contribution < 1.29 is 9.90 Å². The van der Waals surface area contributed by atoms with Gasteiger partial charge in [0.05, 0.1) is 5.41 Å². The summed E-state index contributed by atoms with van der Waals surface area (Å²) in [5, 5.41) is 12.4. The van der Waals surface area contributed by atoms with Gasteiger partial charge < -0.3 is 10.4 Å². The van der Waals surface area contributed by atoms with Crippen LogP contribution < -0.4 is 5.32 Å². The van der Waals surface area contributed by atoms with Gasteiger partial charge in [0, 0.05) is 18.6 Å². The van der Waals surface area contributed by atoms with Crippen molar-refractivity contribution >= 4 is 5.91 Å². The maximum absolute atomic E-state index is 13.2. The highest BCUT2D eigenvalue weighted by atomic mass is 16.3. The Hall–Kier alpha value is -2.39. The summed E-state index contributed by atoms with van der Waals surface area (Å²) >= 11 is 0. The van der Waals surface area contributed by atoms with E-state index < -0.39 is 5.41 Å². The highest BCUT2D eigenvalue weighted by molar-refractivity contribution is 5.92. The summed E-state index contributed by atoms with van der Waals surface area (Å²) in [6.45, 7) is 2.09. The normalized spacial score (nSPS) is 20.1. The lowest BCUT2D eigenvalue weighted by Crippen LogP contribution is -2.46. The molecule has 2 aromatic rings. The average molecular weight is 321 g/mol. The Morgan fingerprint density at radius 2 is 1.58 bits per heavy atom. The van der Waals surface area contributed by atoms with Crippen molar-refractivity contribution in [1.82, 2.24) is 5.32 Å². The van der Waals surface area contributed by atoms with Crippen LogP contribution in [0.15, 0.2) is 72.8 Å². The average Bonchev–Trinajstić information content (AvgIpc) is 3.10. The fourth-order valence-electron chi connectivity index (χ4n) is 3.30. The number of rotatable bonds is 5. The Labute approximate surface area is 143 Å². The zero-order valence-corrected chi connectivity index (χ0v) is 13.9. The maximum Gasteiger partial charge on any atom is 0.235 e. The number of benzene rings is 2. The lowest BCUT2D eigenvalue weighted by atomic mass is 9.75. The van der Waals surface area contributed by atoms with Crippen molar-refractivity contribution in [3.05, 3.63) is 83.9 Å². The molecule has 0 fully saturated rings. The van der Waals surface area contributed by atoms with Crippen molar-refractivity contribution in [3.63, 3.8) is 0 Å². The van der Waals surface area contributed by atoms with E-state index in [-0.39, 0.29) is 24.5 Å².